The Morgan fingerprint density at radius 1 is 1.09 bits per heavy atom. The van der Waals surface area contributed by atoms with Gasteiger partial charge < -0.3 is 25.4 Å². The topological polar surface area (TPSA) is 101 Å². The highest BCUT2D eigenvalue weighted by molar-refractivity contribution is 6.27. The van der Waals surface area contributed by atoms with Crippen molar-refractivity contribution in [2.75, 3.05) is 56.9 Å². The molecule has 0 unspecified atom stereocenters. The van der Waals surface area contributed by atoms with E-state index in [9.17, 15) is 4.79 Å². The first-order valence-electron chi connectivity index (χ1n) is 12.1. The number of likely N-dealkylation sites (tertiary alicyclic amines) is 1. The highest BCUT2D eigenvalue weighted by Gasteiger charge is 2.33. The van der Waals surface area contributed by atoms with Crippen LogP contribution in [-0.2, 0) is 4.79 Å². The average Bonchev–Trinajstić information content (AvgIpc) is 2.85. The van der Waals surface area contributed by atoms with Gasteiger partial charge in [-0.25, -0.2) is 4.98 Å². The average molecular weight is 491 g/mol. The lowest BCUT2D eigenvalue weighted by Gasteiger charge is -2.46. The third-order valence-corrected chi connectivity index (χ3v) is 6.87. The number of nitrogens with one attached hydrogen (secondary N) is 3. The molecule has 2 fully saturated rings. The van der Waals surface area contributed by atoms with Gasteiger partial charge in [0, 0.05) is 43.7 Å². The Bertz CT molecular complexity index is 979. The van der Waals surface area contributed by atoms with Crippen LogP contribution < -0.4 is 25.4 Å². The summed E-state index contributed by atoms with van der Waals surface area (Å²) in [5.41, 5.74) is 0.775. The lowest BCUT2D eigenvalue weighted by molar-refractivity contribution is -0.118. The molecule has 1 saturated carbocycles. The lowest BCUT2D eigenvalue weighted by atomic mass is 9.91. The van der Waals surface area contributed by atoms with Gasteiger partial charge in [-0.15, -0.1) is 11.6 Å². The normalized spacial score (nSPS) is 17.3. The van der Waals surface area contributed by atoms with Gasteiger partial charge in [0.15, 0.2) is 11.5 Å². The first-order valence-corrected chi connectivity index (χ1v) is 12.7. The number of ether oxygens (including phenoxy) is 2. The zero-order valence-electron chi connectivity index (χ0n) is 20.0. The number of methoxy groups -OCH3 is 2. The summed E-state index contributed by atoms with van der Waals surface area (Å²) in [7, 11) is 3.25. The molecule has 9 nitrogen and oxygen atoms in total. The molecule has 0 spiro atoms. The van der Waals surface area contributed by atoms with Crippen LogP contribution >= 0.6 is 11.6 Å². The number of anilines is 2. The minimum atomic E-state index is -0.168. The van der Waals surface area contributed by atoms with Gasteiger partial charge in [0.2, 0.25) is 11.9 Å². The van der Waals surface area contributed by atoms with Crippen molar-refractivity contribution in [3.05, 3.63) is 12.1 Å². The van der Waals surface area contributed by atoms with E-state index in [0.29, 0.717) is 36.6 Å². The van der Waals surface area contributed by atoms with Crippen molar-refractivity contribution >= 4 is 40.2 Å². The molecule has 1 aliphatic carbocycles. The molecular formula is C24H35ClN6O3. The molecule has 1 saturated heterocycles. The summed E-state index contributed by atoms with van der Waals surface area (Å²) in [4.78, 5) is 23.4. The molecule has 10 heteroatoms. The first kappa shape index (κ1) is 24.6. The van der Waals surface area contributed by atoms with Crippen LogP contribution in [0.1, 0.15) is 38.5 Å². The number of hydrogen-bond acceptors (Lipinski definition) is 8. The Hall–Kier alpha value is -2.52. The molecular weight excluding hydrogens is 456 g/mol. The fourth-order valence-corrected chi connectivity index (χ4v) is 4.84. The number of carbonyl (C=O) groups excluding carboxylic acids is 1. The second-order valence-electron chi connectivity index (χ2n) is 8.97. The Morgan fingerprint density at radius 2 is 1.82 bits per heavy atom. The van der Waals surface area contributed by atoms with E-state index in [2.05, 4.69) is 20.9 Å². The van der Waals surface area contributed by atoms with E-state index < -0.39 is 0 Å². The predicted octanol–water partition coefficient (Wildman–Crippen LogP) is 3.23. The van der Waals surface area contributed by atoms with E-state index in [-0.39, 0.29) is 11.8 Å². The number of carbonyl (C=O) groups is 1. The van der Waals surface area contributed by atoms with Crippen LogP contribution in [-0.4, -0.2) is 79.1 Å². The molecule has 3 N–H and O–H groups in total. The van der Waals surface area contributed by atoms with Gasteiger partial charge in [-0.3, -0.25) is 9.69 Å². The summed E-state index contributed by atoms with van der Waals surface area (Å²) in [6.45, 7) is 3.24. The highest BCUT2D eigenvalue weighted by Crippen LogP contribution is 2.35. The maximum absolute atomic E-state index is 11.3. The number of rotatable bonds is 11. The number of halogens is 1. The summed E-state index contributed by atoms with van der Waals surface area (Å²) in [5, 5.41) is 10.6. The Labute approximate surface area is 205 Å². The van der Waals surface area contributed by atoms with E-state index in [1.807, 2.05) is 12.1 Å². The Morgan fingerprint density at radius 3 is 2.53 bits per heavy atom. The van der Waals surface area contributed by atoms with Crippen molar-refractivity contribution in [2.45, 2.75) is 50.6 Å². The van der Waals surface area contributed by atoms with E-state index in [4.69, 9.17) is 31.0 Å². The molecule has 4 rings (SSSR count). The summed E-state index contributed by atoms with van der Waals surface area (Å²) in [5.74, 6) is 2.41. The molecule has 1 aliphatic heterocycles. The zero-order valence-corrected chi connectivity index (χ0v) is 20.8. The lowest BCUT2D eigenvalue weighted by Crippen LogP contribution is -2.58. The molecule has 0 atom stereocenters. The monoisotopic (exact) mass is 490 g/mol. The van der Waals surface area contributed by atoms with Crippen molar-refractivity contribution in [3.63, 3.8) is 0 Å². The quantitative estimate of drug-likeness (QED) is 0.326. The van der Waals surface area contributed by atoms with Gasteiger partial charge in [0.25, 0.3) is 0 Å². The summed E-state index contributed by atoms with van der Waals surface area (Å²) < 4.78 is 11.0. The standard InChI is InChI=1S/C24H35ClN6O3/c1-33-20-11-18-19(12-21(20)34-2)29-24(27-10-6-9-26-22(32)13-25)30-23(18)28-16-14-31(15-16)17-7-4-3-5-8-17/h11-12,16-17H,3-10,13-15H2,1-2H3,(H,26,32)(H2,27,28,29,30). The molecule has 186 valence electrons. The van der Waals surface area contributed by atoms with Crippen molar-refractivity contribution in [1.29, 1.82) is 0 Å². The number of alkyl halides is 1. The molecule has 0 bridgehead atoms. The summed E-state index contributed by atoms with van der Waals surface area (Å²) in [6.07, 6.45) is 7.44. The van der Waals surface area contributed by atoms with E-state index >= 15 is 0 Å². The highest BCUT2D eigenvalue weighted by atomic mass is 35.5. The minimum absolute atomic E-state index is 0.0269. The smallest absolute Gasteiger partial charge is 0.234 e. The van der Waals surface area contributed by atoms with Crippen molar-refractivity contribution in [1.82, 2.24) is 20.2 Å². The van der Waals surface area contributed by atoms with E-state index in [1.165, 1.54) is 32.1 Å². The van der Waals surface area contributed by atoms with Gasteiger partial charge in [0.1, 0.15) is 11.7 Å². The number of aromatic nitrogens is 2. The molecule has 1 amide bonds. The second-order valence-corrected chi connectivity index (χ2v) is 9.24. The van der Waals surface area contributed by atoms with Gasteiger partial charge in [0.05, 0.1) is 25.8 Å². The minimum Gasteiger partial charge on any atom is -0.493 e. The summed E-state index contributed by atoms with van der Waals surface area (Å²) >= 11 is 5.51. The Balaban J connectivity index is 1.46. The van der Waals surface area contributed by atoms with Crippen molar-refractivity contribution < 1.29 is 14.3 Å². The Kier molecular flexibility index (Phi) is 8.50. The molecule has 2 aliphatic rings. The van der Waals surface area contributed by atoms with Crippen LogP contribution in [0.2, 0.25) is 0 Å². The predicted molar refractivity (Wildman–Crippen MR) is 135 cm³/mol. The number of benzene rings is 1. The first-order chi connectivity index (χ1) is 16.6. The van der Waals surface area contributed by atoms with E-state index in [0.717, 1.165) is 42.3 Å². The van der Waals surface area contributed by atoms with Gasteiger partial charge in [-0.2, -0.15) is 4.98 Å². The van der Waals surface area contributed by atoms with Gasteiger partial charge in [-0.1, -0.05) is 19.3 Å². The fraction of sp³-hybridized carbons (Fsp3) is 0.625. The molecule has 0 radical (unpaired) electrons. The van der Waals surface area contributed by atoms with Crippen LogP contribution in [0.15, 0.2) is 12.1 Å². The largest absolute Gasteiger partial charge is 0.493 e. The number of hydrogen-bond donors (Lipinski definition) is 3. The van der Waals surface area contributed by atoms with Crippen LogP contribution in [0.4, 0.5) is 11.8 Å². The third kappa shape index (κ3) is 5.93. The second kappa shape index (κ2) is 11.8. The SMILES string of the molecule is COc1cc2nc(NCCCNC(=O)CCl)nc(NC3CN(C4CCCCC4)C3)c2cc1OC. The fourth-order valence-electron chi connectivity index (χ4n) is 4.75. The number of amides is 1. The molecule has 1 aromatic carbocycles. The van der Waals surface area contributed by atoms with Crippen molar-refractivity contribution in [3.8, 4) is 11.5 Å². The van der Waals surface area contributed by atoms with Gasteiger partial charge >= 0.3 is 0 Å². The third-order valence-electron chi connectivity index (χ3n) is 6.62. The summed E-state index contributed by atoms with van der Waals surface area (Å²) in [6, 6.07) is 4.89. The van der Waals surface area contributed by atoms with Gasteiger partial charge in [-0.05, 0) is 25.3 Å². The molecule has 2 aromatic rings. The number of fused-ring (bicyclic) bond motifs is 1. The maximum Gasteiger partial charge on any atom is 0.234 e. The van der Waals surface area contributed by atoms with E-state index in [1.54, 1.807) is 14.2 Å². The van der Waals surface area contributed by atoms with Crippen LogP contribution in [0.5, 0.6) is 11.5 Å². The zero-order chi connectivity index (χ0) is 23.9. The van der Waals surface area contributed by atoms with Crippen LogP contribution in [0.3, 0.4) is 0 Å². The van der Waals surface area contributed by atoms with Crippen LogP contribution in [0, 0.1) is 0 Å². The van der Waals surface area contributed by atoms with Crippen LogP contribution in [0.25, 0.3) is 10.9 Å². The maximum atomic E-state index is 11.3. The number of nitrogens with zero attached hydrogens (tertiary/aromatic N) is 3. The van der Waals surface area contributed by atoms with Crippen molar-refractivity contribution in [2.24, 2.45) is 0 Å². The molecule has 34 heavy (non-hydrogen) atoms. The molecule has 1 aromatic heterocycles. The molecule has 2 heterocycles.